The minimum absolute atomic E-state index is 0.159. The van der Waals surface area contributed by atoms with E-state index in [9.17, 15) is 19.7 Å². The number of nitrogens with one attached hydrogen (secondary N) is 1. The summed E-state index contributed by atoms with van der Waals surface area (Å²) in [5.41, 5.74) is 1.76. The maximum Gasteiger partial charge on any atom is 0.336 e. The zero-order chi connectivity index (χ0) is 24.4. The molecule has 1 aromatic rings. The first-order valence-corrected chi connectivity index (χ1v) is 11.7. The normalized spacial score (nSPS) is 14.2. The van der Waals surface area contributed by atoms with Crippen LogP contribution in [0, 0.1) is 10.1 Å². The number of hydrogen-bond donors (Lipinski definition) is 1. The van der Waals surface area contributed by atoms with Gasteiger partial charge in [-0.1, -0.05) is 58.7 Å². The van der Waals surface area contributed by atoms with Gasteiger partial charge < -0.3 is 14.8 Å². The van der Waals surface area contributed by atoms with E-state index in [1.54, 1.807) is 18.2 Å². The lowest BCUT2D eigenvalue weighted by atomic mass is 9.78. The van der Waals surface area contributed by atoms with Gasteiger partial charge in [0.2, 0.25) is 0 Å². The standard InChI is InChI=1S/C25H34N2O6/c1-5-9-15-32-24(28)22-18(7-3)26-19(8-4)23(25(29)33-16-10-6-2)21(22)17-13-11-12-14-20(17)27(30)31/h11-14,21,26H,5-10,15-16H2,1-4H3. The number of carbonyl (C=O) groups excluding carboxylic acids is 2. The van der Waals surface area contributed by atoms with E-state index in [0.717, 1.165) is 12.8 Å². The molecule has 0 unspecified atom stereocenters. The van der Waals surface area contributed by atoms with Crippen LogP contribution in [0.2, 0.25) is 0 Å². The molecule has 1 aliphatic heterocycles. The van der Waals surface area contributed by atoms with Crippen molar-refractivity contribution in [1.82, 2.24) is 5.32 Å². The molecule has 0 amide bonds. The van der Waals surface area contributed by atoms with E-state index in [2.05, 4.69) is 5.32 Å². The van der Waals surface area contributed by atoms with Gasteiger partial charge in [-0.3, -0.25) is 10.1 Å². The summed E-state index contributed by atoms with van der Waals surface area (Å²) in [6.07, 6.45) is 4.05. The van der Waals surface area contributed by atoms with Gasteiger partial charge in [-0.15, -0.1) is 0 Å². The molecule has 1 heterocycles. The van der Waals surface area contributed by atoms with Gasteiger partial charge in [0.15, 0.2) is 0 Å². The molecule has 0 bridgehead atoms. The number of allylic oxidation sites excluding steroid dienone is 2. The molecular formula is C25H34N2O6. The maximum atomic E-state index is 13.3. The molecular weight excluding hydrogens is 424 g/mol. The molecule has 2 rings (SSSR count). The van der Waals surface area contributed by atoms with Gasteiger partial charge in [-0.2, -0.15) is 0 Å². The molecule has 8 nitrogen and oxygen atoms in total. The zero-order valence-corrected chi connectivity index (χ0v) is 19.9. The molecule has 33 heavy (non-hydrogen) atoms. The van der Waals surface area contributed by atoms with Crippen LogP contribution in [0.1, 0.15) is 77.7 Å². The van der Waals surface area contributed by atoms with Crippen molar-refractivity contribution in [2.24, 2.45) is 0 Å². The van der Waals surface area contributed by atoms with Gasteiger partial charge in [0.1, 0.15) is 0 Å². The number of nitro groups is 1. The zero-order valence-electron chi connectivity index (χ0n) is 19.9. The van der Waals surface area contributed by atoms with E-state index in [-0.39, 0.29) is 35.6 Å². The van der Waals surface area contributed by atoms with Crippen LogP contribution in [-0.2, 0) is 19.1 Å². The number of ether oxygens (including phenoxy) is 2. The second-order valence-corrected chi connectivity index (χ2v) is 7.84. The summed E-state index contributed by atoms with van der Waals surface area (Å²) in [6.45, 7) is 8.22. The van der Waals surface area contributed by atoms with Gasteiger partial charge in [0.05, 0.1) is 35.2 Å². The first-order valence-electron chi connectivity index (χ1n) is 11.7. The third-order valence-electron chi connectivity index (χ3n) is 5.58. The number of para-hydroxylation sites is 1. The lowest BCUT2D eigenvalue weighted by Gasteiger charge is -2.32. The fourth-order valence-electron chi connectivity index (χ4n) is 3.83. The van der Waals surface area contributed by atoms with Crippen molar-refractivity contribution in [3.8, 4) is 0 Å². The number of esters is 2. The number of hydrogen-bond acceptors (Lipinski definition) is 7. The van der Waals surface area contributed by atoms with Crippen LogP contribution < -0.4 is 5.32 Å². The Hall–Kier alpha value is -3.16. The molecule has 1 N–H and O–H groups in total. The van der Waals surface area contributed by atoms with Gasteiger partial charge in [0.25, 0.3) is 5.69 Å². The van der Waals surface area contributed by atoms with Crippen molar-refractivity contribution >= 4 is 17.6 Å². The minimum atomic E-state index is -0.957. The van der Waals surface area contributed by atoms with Crippen molar-refractivity contribution in [3.05, 3.63) is 62.5 Å². The lowest BCUT2D eigenvalue weighted by molar-refractivity contribution is -0.385. The number of nitro benzene ring substituents is 1. The average Bonchev–Trinajstić information content (AvgIpc) is 2.82. The molecule has 0 radical (unpaired) electrons. The highest BCUT2D eigenvalue weighted by atomic mass is 16.6. The maximum absolute atomic E-state index is 13.3. The van der Waals surface area contributed by atoms with Crippen molar-refractivity contribution in [2.75, 3.05) is 13.2 Å². The van der Waals surface area contributed by atoms with Crippen molar-refractivity contribution < 1.29 is 24.0 Å². The molecule has 0 saturated carbocycles. The van der Waals surface area contributed by atoms with Gasteiger partial charge in [-0.05, 0) is 25.7 Å². The van der Waals surface area contributed by atoms with E-state index in [1.165, 1.54) is 6.07 Å². The summed E-state index contributed by atoms with van der Waals surface area (Å²) in [6, 6.07) is 6.21. The molecule has 0 atom stereocenters. The highest BCUT2D eigenvalue weighted by Crippen LogP contribution is 2.43. The van der Waals surface area contributed by atoms with Gasteiger partial charge in [0, 0.05) is 23.0 Å². The smallest absolute Gasteiger partial charge is 0.336 e. The first kappa shape index (κ1) is 26.1. The number of benzene rings is 1. The van der Waals surface area contributed by atoms with E-state index in [1.807, 2.05) is 27.7 Å². The van der Waals surface area contributed by atoms with Gasteiger partial charge in [-0.25, -0.2) is 9.59 Å². The van der Waals surface area contributed by atoms with E-state index in [0.29, 0.717) is 37.1 Å². The van der Waals surface area contributed by atoms with Gasteiger partial charge >= 0.3 is 11.9 Å². The highest BCUT2D eigenvalue weighted by molar-refractivity contribution is 6.00. The second-order valence-electron chi connectivity index (χ2n) is 7.84. The van der Waals surface area contributed by atoms with E-state index < -0.39 is 22.8 Å². The fraction of sp³-hybridized carbons (Fsp3) is 0.520. The summed E-state index contributed by atoms with van der Waals surface area (Å²) in [7, 11) is 0. The summed E-state index contributed by atoms with van der Waals surface area (Å²) >= 11 is 0. The SMILES string of the molecule is CCCCOC(=O)C1=C(CC)NC(CC)=C(C(=O)OCCCC)C1c1ccccc1[N+](=O)[O-]. The fourth-order valence-corrected chi connectivity index (χ4v) is 3.83. The molecule has 180 valence electrons. The third-order valence-corrected chi connectivity index (χ3v) is 5.58. The van der Waals surface area contributed by atoms with Crippen LogP contribution in [0.4, 0.5) is 5.69 Å². The van der Waals surface area contributed by atoms with Crippen molar-refractivity contribution in [3.63, 3.8) is 0 Å². The molecule has 1 aliphatic rings. The number of dihydropyridines is 1. The molecule has 0 aliphatic carbocycles. The minimum Gasteiger partial charge on any atom is -0.462 e. The second kappa shape index (κ2) is 12.8. The Morgan fingerprint density at radius 2 is 1.39 bits per heavy atom. The Balaban J connectivity index is 2.70. The first-order chi connectivity index (χ1) is 15.9. The lowest BCUT2D eigenvalue weighted by Crippen LogP contribution is -2.34. The molecule has 1 aromatic carbocycles. The van der Waals surface area contributed by atoms with Crippen LogP contribution in [-0.4, -0.2) is 30.1 Å². The molecule has 8 heteroatoms. The molecule has 0 saturated heterocycles. The summed E-state index contributed by atoms with van der Waals surface area (Å²) < 4.78 is 11.0. The molecule has 0 fully saturated rings. The monoisotopic (exact) mass is 458 g/mol. The van der Waals surface area contributed by atoms with Crippen LogP contribution in [0.3, 0.4) is 0 Å². The number of rotatable bonds is 12. The Morgan fingerprint density at radius 1 is 0.909 bits per heavy atom. The quantitative estimate of drug-likeness (QED) is 0.196. The topological polar surface area (TPSA) is 108 Å². The summed E-state index contributed by atoms with van der Waals surface area (Å²) in [5.74, 6) is -2.11. The highest BCUT2D eigenvalue weighted by Gasteiger charge is 2.41. The molecule has 0 aromatic heterocycles. The summed E-state index contributed by atoms with van der Waals surface area (Å²) in [4.78, 5) is 37.9. The number of carbonyl (C=O) groups is 2. The Morgan fingerprint density at radius 3 is 1.82 bits per heavy atom. The largest absolute Gasteiger partial charge is 0.462 e. The summed E-state index contributed by atoms with van der Waals surface area (Å²) in [5, 5.41) is 15.1. The Kier molecular flexibility index (Phi) is 10.1. The van der Waals surface area contributed by atoms with E-state index in [4.69, 9.17) is 9.47 Å². The molecule has 0 spiro atoms. The van der Waals surface area contributed by atoms with E-state index >= 15 is 0 Å². The predicted molar refractivity (Wildman–Crippen MR) is 125 cm³/mol. The van der Waals surface area contributed by atoms with Crippen molar-refractivity contribution in [1.29, 1.82) is 0 Å². The number of unbranched alkanes of at least 4 members (excludes halogenated alkanes) is 2. The average molecular weight is 459 g/mol. The van der Waals surface area contributed by atoms with Crippen LogP contribution in [0.15, 0.2) is 46.8 Å². The third kappa shape index (κ3) is 6.21. The Labute approximate surface area is 195 Å². The van der Waals surface area contributed by atoms with Crippen molar-refractivity contribution in [2.45, 2.75) is 72.1 Å². The Bertz CT molecular complexity index is 889. The van der Waals surface area contributed by atoms with Crippen LogP contribution in [0.25, 0.3) is 0 Å². The van der Waals surface area contributed by atoms with Crippen LogP contribution in [0.5, 0.6) is 0 Å². The number of nitrogens with zero attached hydrogens (tertiary/aromatic N) is 1. The predicted octanol–water partition coefficient (Wildman–Crippen LogP) is 5.30. The van der Waals surface area contributed by atoms with Crippen LogP contribution >= 0.6 is 0 Å².